The molecule has 1 aromatic heterocycles. The minimum absolute atomic E-state index is 0.0860. The quantitative estimate of drug-likeness (QED) is 0.534. The van der Waals surface area contributed by atoms with Crippen LogP contribution < -0.4 is 10.1 Å². The standard InChI is InChI=1S/C18H15Cl2N3O3S/c1-11(17(24)21-13-8-6-12(19)7-9-13)27-18-23-22-16(26-18)10-25-15-5-3-2-4-14(15)20/h2-9,11H,10H2,1H3,(H,21,24). The average Bonchev–Trinajstić information content (AvgIpc) is 3.10. The van der Waals surface area contributed by atoms with Gasteiger partial charge in [-0.1, -0.05) is 47.1 Å². The molecule has 0 radical (unpaired) electrons. The van der Waals surface area contributed by atoms with Crippen LogP contribution in [0.15, 0.2) is 58.2 Å². The first-order valence-electron chi connectivity index (χ1n) is 7.94. The highest BCUT2D eigenvalue weighted by Crippen LogP contribution is 2.26. The van der Waals surface area contributed by atoms with E-state index in [9.17, 15) is 4.79 Å². The summed E-state index contributed by atoms with van der Waals surface area (Å²) in [5, 5.41) is 11.6. The minimum Gasteiger partial charge on any atom is -0.482 e. The highest BCUT2D eigenvalue weighted by Gasteiger charge is 2.18. The predicted octanol–water partition coefficient (Wildman–Crippen LogP) is 5.07. The van der Waals surface area contributed by atoms with Gasteiger partial charge in [-0.25, -0.2) is 0 Å². The van der Waals surface area contributed by atoms with Crippen molar-refractivity contribution in [2.24, 2.45) is 0 Å². The molecule has 1 heterocycles. The largest absolute Gasteiger partial charge is 0.482 e. The molecule has 1 amide bonds. The molecule has 1 N–H and O–H groups in total. The Balaban J connectivity index is 1.52. The van der Waals surface area contributed by atoms with Crippen molar-refractivity contribution in [1.29, 1.82) is 0 Å². The van der Waals surface area contributed by atoms with E-state index in [-0.39, 0.29) is 17.7 Å². The number of para-hydroxylation sites is 1. The molecule has 9 heteroatoms. The zero-order chi connectivity index (χ0) is 19.2. The maximum Gasteiger partial charge on any atom is 0.277 e. The number of aromatic nitrogens is 2. The van der Waals surface area contributed by atoms with Crippen molar-refractivity contribution >= 4 is 46.6 Å². The lowest BCUT2D eigenvalue weighted by Crippen LogP contribution is -2.22. The fourth-order valence-corrected chi connectivity index (χ4v) is 3.04. The lowest BCUT2D eigenvalue weighted by molar-refractivity contribution is -0.115. The number of rotatable bonds is 7. The molecule has 0 spiro atoms. The van der Waals surface area contributed by atoms with Crippen LogP contribution in [0.25, 0.3) is 0 Å². The maximum atomic E-state index is 12.3. The first kappa shape index (κ1) is 19.5. The van der Waals surface area contributed by atoms with E-state index < -0.39 is 5.25 Å². The summed E-state index contributed by atoms with van der Waals surface area (Å²) >= 11 is 13.0. The molecule has 0 aliphatic carbocycles. The van der Waals surface area contributed by atoms with Gasteiger partial charge >= 0.3 is 0 Å². The third-order valence-electron chi connectivity index (χ3n) is 3.39. The second-order valence-electron chi connectivity index (χ2n) is 5.44. The number of halogens is 2. The Morgan fingerprint density at radius 1 is 1.19 bits per heavy atom. The fraction of sp³-hybridized carbons (Fsp3) is 0.167. The number of hydrogen-bond donors (Lipinski definition) is 1. The second kappa shape index (κ2) is 9.12. The first-order valence-corrected chi connectivity index (χ1v) is 9.57. The molecule has 140 valence electrons. The molecular formula is C18H15Cl2N3O3S. The van der Waals surface area contributed by atoms with Crippen LogP contribution in [0.3, 0.4) is 0 Å². The van der Waals surface area contributed by atoms with Crippen molar-refractivity contribution in [3.05, 3.63) is 64.5 Å². The van der Waals surface area contributed by atoms with Crippen molar-refractivity contribution in [3.8, 4) is 5.75 Å². The van der Waals surface area contributed by atoms with Crippen LogP contribution in [0.4, 0.5) is 5.69 Å². The number of benzene rings is 2. The van der Waals surface area contributed by atoms with E-state index in [1.807, 2.05) is 12.1 Å². The van der Waals surface area contributed by atoms with E-state index in [2.05, 4.69) is 15.5 Å². The third-order valence-corrected chi connectivity index (χ3v) is 4.89. The van der Waals surface area contributed by atoms with E-state index in [0.29, 0.717) is 27.4 Å². The van der Waals surface area contributed by atoms with Gasteiger partial charge in [-0.3, -0.25) is 4.79 Å². The highest BCUT2D eigenvalue weighted by molar-refractivity contribution is 8.00. The van der Waals surface area contributed by atoms with Gasteiger partial charge in [-0.15, -0.1) is 10.2 Å². The summed E-state index contributed by atoms with van der Waals surface area (Å²) in [6.07, 6.45) is 0. The van der Waals surface area contributed by atoms with E-state index in [1.54, 1.807) is 43.3 Å². The Kier molecular flexibility index (Phi) is 6.60. The van der Waals surface area contributed by atoms with Crippen LogP contribution in [0, 0.1) is 0 Å². The Morgan fingerprint density at radius 2 is 1.93 bits per heavy atom. The number of nitrogens with one attached hydrogen (secondary N) is 1. The van der Waals surface area contributed by atoms with Crippen LogP contribution in [0.2, 0.25) is 10.0 Å². The number of nitrogens with zero attached hydrogens (tertiary/aromatic N) is 2. The first-order chi connectivity index (χ1) is 13.0. The Morgan fingerprint density at radius 3 is 2.67 bits per heavy atom. The summed E-state index contributed by atoms with van der Waals surface area (Å²) < 4.78 is 11.1. The van der Waals surface area contributed by atoms with Crippen LogP contribution in [-0.2, 0) is 11.4 Å². The fourth-order valence-electron chi connectivity index (χ4n) is 2.03. The molecule has 27 heavy (non-hydrogen) atoms. The van der Waals surface area contributed by atoms with Crippen molar-refractivity contribution in [1.82, 2.24) is 10.2 Å². The average molecular weight is 424 g/mol. The van der Waals surface area contributed by atoms with Crippen LogP contribution in [0.1, 0.15) is 12.8 Å². The minimum atomic E-state index is -0.432. The molecule has 0 saturated carbocycles. The van der Waals surface area contributed by atoms with Gasteiger partial charge in [0.05, 0.1) is 10.3 Å². The molecule has 3 rings (SSSR count). The van der Waals surface area contributed by atoms with E-state index >= 15 is 0 Å². The van der Waals surface area contributed by atoms with E-state index in [1.165, 1.54) is 0 Å². The Bertz CT molecular complexity index is 918. The van der Waals surface area contributed by atoms with Gasteiger partial charge in [0.1, 0.15) is 5.75 Å². The van der Waals surface area contributed by atoms with Crippen LogP contribution in [0.5, 0.6) is 5.75 Å². The molecule has 1 unspecified atom stereocenters. The molecule has 1 atom stereocenters. The van der Waals surface area contributed by atoms with Gasteiger partial charge in [0.25, 0.3) is 11.1 Å². The molecule has 0 saturated heterocycles. The number of anilines is 1. The number of carbonyl (C=O) groups is 1. The molecule has 0 aliphatic rings. The van der Waals surface area contributed by atoms with Crippen molar-refractivity contribution in [2.45, 2.75) is 24.0 Å². The zero-order valence-electron chi connectivity index (χ0n) is 14.2. The van der Waals surface area contributed by atoms with Gasteiger partial charge in [0.15, 0.2) is 6.61 Å². The van der Waals surface area contributed by atoms with E-state index in [0.717, 1.165) is 11.8 Å². The summed E-state index contributed by atoms with van der Waals surface area (Å²) in [7, 11) is 0. The number of carbonyl (C=O) groups excluding carboxylic acids is 1. The highest BCUT2D eigenvalue weighted by atomic mass is 35.5. The molecule has 0 bridgehead atoms. The van der Waals surface area contributed by atoms with Crippen molar-refractivity contribution in [2.75, 3.05) is 5.32 Å². The molecule has 0 fully saturated rings. The summed E-state index contributed by atoms with van der Waals surface area (Å²) in [6, 6.07) is 14.0. The predicted molar refractivity (Wildman–Crippen MR) is 105 cm³/mol. The zero-order valence-corrected chi connectivity index (χ0v) is 16.5. The second-order valence-corrected chi connectivity index (χ2v) is 7.57. The third kappa shape index (κ3) is 5.63. The van der Waals surface area contributed by atoms with Crippen molar-refractivity contribution < 1.29 is 13.9 Å². The normalized spacial score (nSPS) is 11.8. The van der Waals surface area contributed by atoms with Gasteiger partial charge in [0, 0.05) is 10.7 Å². The van der Waals surface area contributed by atoms with E-state index in [4.69, 9.17) is 32.4 Å². The van der Waals surface area contributed by atoms with Crippen LogP contribution in [-0.4, -0.2) is 21.4 Å². The smallest absolute Gasteiger partial charge is 0.277 e. The number of ether oxygens (including phenoxy) is 1. The van der Waals surface area contributed by atoms with Gasteiger partial charge in [-0.05, 0) is 43.3 Å². The molecule has 6 nitrogen and oxygen atoms in total. The Labute approximate surface area is 170 Å². The number of hydrogen-bond acceptors (Lipinski definition) is 6. The summed E-state index contributed by atoms with van der Waals surface area (Å²) in [5.74, 6) is 0.638. The maximum absolute atomic E-state index is 12.3. The summed E-state index contributed by atoms with van der Waals surface area (Å²) in [4.78, 5) is 12.3. The Hall–Kier alpha value is -2.22. The van der Waals surface area contributed by atoms with Crippen LogP contribution >= 0.6 is 35.0 Å². The lowest BCUT2D eigenvalue weighted by Gasteiger charge is -2.09. The van der Waals surface area contributed by atoms with Gasteiger partial charge < -0.3 is 14.5 Å². The summed E-state index contributed by atoms with van der Waals surface area (Å²) in [5.41, 5.74) is 0.663. The molecule has 0 aliphatic heterocycles. The SMILES string of the molecule is CC(Sc1nnc(COc2ccccc2Cl)o1)C(=O)Nc1ccc(Cl)cc1. The number of thioether (sulfide) groups is 1. The van der Waals surface area contributed by atoms with Gasteiger partial charge in [0.2, 0.25) is 5.91 Å². The molecule has 3 aromatic rings. The molecule has 2 aromatic carbocycles. The topological polar surface area (TPSA) is 77.2 Å². The van der Waals surface area contributed by atoms with Crippen molar-refractivity contribution in [3.63, 3.8) is 0 Å². The van der Waals surface area contributed by atoms with Gasteiger partial charge in [-0.2, -0.15) is 0 Å². The summed E-state index contributed by atoms with van der Waals surface area (Å²) in [6.45, 7) is 1.84. The number of amides is 1. The monoisotopic (exact) mass is 423 g/mol. The molecular weight excluding hydrogens is 409 g/mol. The lowest BCUT2D eigenvalue weighted by atomic mass is 10.3.